The fraction of sp³-hybridized carbons (Fsp3) is 0.800. The second-order valence-electron chi connectivity index (χ2n) is 3.26. The third-order valence-electron chi connectivity index (χ3n) is 2.24. The zero-order chi connectivity index (χ0) is 7.45. The molecule has 0 bridgehead atoms. The zero-order valence-corrected chi connectivity index (χ0v) is 7.04. The van der Waals surface area contributed by atoms with Crippen molar-refractivity contribution < 1.29 is 0 Å². The van der Waals surface area contributed by atoms with Crippen molar-refractivity contribution in [2.24, 2.45) is 5.41 Å². The van der Waals surface area contributed by atoms with E-state index in [1.54, 1.807) is 0 Å². The summed E-state index contributed by atoms with van der Waals surface area (Å²) in [6, 6.07) is 0. The van der Waals surface area contributed by atoms with Crippen LogP contribution in [0.4, 0.5) is 0 Å². The molecule has 0 saturated heterocycles. The highest BCUT2D eigenvalue weighted by atomic mass is 14.3. The summed E-state index contributed by atoms with van der Waals surface area (Å²) in [5.41, 5.74) is 0.462. The first-order valence-corrected chi connectivity index (χ1v) is 4.33. The monoisotopic (exact) mass is 136 g/mol. The van der Waals surface area contributed by atoms with Gasteiger partial charge >= 0.3 is 0 Å². The molecule has 0 amide bonds. The van der Waals surface area contributed by atoms with Crippen molar-refractivity contribution in [3.63, 3.8) is 0 Å². The molecule has 0 radical (unpaired) electrons. The van der Waals surface area contributed by atoms with E-state index in [1.807, 2.05) is 0 Å². The molecule has 0 heterocycles. The Kier molecular flexibility index (Phi) is 2.38. The molecule has 0 atom stereocenters. The van der Waals surface area contributed by atoms with Crippen LogP contribution >= 0.6 is 0 Å². The smallest absolute Gasteiger partial charge is 0.0423 e. The van der Waals surface area contributed by atoms with Crippen molar-refractivity contribution >= 4 is 0 Å². The van der Waals surface area contributed by atoms with Crippen LogP contribution in [0.2, 0.25) is 0 Å². The summed E-state index contributed by atoms with van der Waals surface area (Å²) in [5, 5.41) is 0. The van der Waals surface area contributed by atoms with Gasteiger partial charge in [0.2, 0.25) is 0 Å². The van der Waals surface area contributed by atoms with E-state index in [2.05, 4.69) is 25.7 Å². The molecule has 0 heteroatoms. The summed E-state index contributed by atoms with van der Waals surface area (Å²) >= 11 is 0. The molecule has 0 aliphatic heterocycles. The Morgan fingerprint density at radius 1 is 1.20 bits per heavy atom. The van der Waals surface area contributed by atoms with Crippen LogP contribution in [0.1, 0.15) is 46.0 Å². The Hall–Kier alpha value is -0.440. The van der Waals surface area contributed by atoms with Crippen molar-refractivity contribution in [2.45, 2.75) is 46.0 Å². The molecule has 1 aliphatic carbocycles. The minimum atomic E-state index is 0.462. The highest BCUT2D eigenvalue weighted by molar-refractivity contribution is 5.25. The molecule has 0 spiro atoms. The lowest BCUT2D eigenvalue weighted by molar-refractivity contribution is 0.321. The molecule has 56 valence electrons. The largest absolute Gasteiger partial charge is 0.101 e. The van der Waals surface area contributed by atoms with Gasteiger partial charge in [-0.1, -0.05) is 32.6 Å². The van der Waals surface area contributed by atoms with Crippen LogP contribution < -0.4 is 0 Å². The molecular weight excluding hydrogens is 120 g/mol. The van der Waals surface area contributed by atoms with Crippen molar-refractivity contribution in [1.82, 2.24) is 0 Å². The molecule has 0 saturated carbocycles. The minimum absolute atomic E-state index is 0.462. The van der Waals surface area contributed by atoms with E-state index in [4.69, 9.17) is 0 Å². The van der Waals surface area contributed by atoms with Crippen LogP contribution in [0.3, 0.4) is 0 Å². The SMILES string of the molecule is CCCC1(CCC)C#CC1. The van der Waals surface area contributed by atoms with Gasteiger partial charge in [0.25, 0.3) is 0 Å². The third kappa shape index (κ3) is 1.34. The van der Waals surface area contributed by atoms with E-state index in [0.29, 0.717) is 5.41 Å². The van der Waals surface area contributed by atoms with Crippen molar-refractivity contribution in [1.29, 1.82) is 0 Å². The molecule has 1 aliphatic rings. The fourth-order valence-electron chi connectivity index (χ4n) is 1.72. The van der Waals surface area contributed by atoms with Gasteiger partial charge in [-0.25, -0.2) is 0 Å². The second kappa shape index (κ2) is 3.10. The van der Waals surface area contributed by atoms with Crippen LogP contribution in [-0.4, -0.2) is 0 Å². The highest BCUT2D eigenvalue weighted by Crippen LogP contribution is 2.37. The molecule has 0 unspecified atom stereocenters. The molecular formula is C10H16. The van der Waals surface area contributed by atoms with Crippen LogP contribution in [0.15, 0.2) is 0 Å². The van der Waals surface area contributed by atoms with Crippen molar-refractivity contribution in [3.05, 3.63) is 0 Å². The zero-order valence-electron chi connectivity index (χ0n) is 7.04. The third-order valence-corrected chi connectivity index (χ3v) is 2.24. The summed E-state index contributed by atoms with van der Waals surface area (Å²) in [6.07, 6.45) is 6.36. The highest BCUT2D eigenvalue weighted by Gasteiger charge is 2.29. The quantitative estimate of drug-likeness (QED) is 0.521. The van der Waals surface area contributed by atoms with Gasteiger partial charge in [-0.15, -0.1) is 5.92 Å². The fourth-order valence-corrected chi connectivity index (χ4v) is 1.72. The van der Waals surface area contributed by atoms with E-state index in [0.717, 1.165) is 6.42 Å². The maximum atomic E-state index is 3.31. The van der Waals surface area contributed by atoms with Crippen LogP contribution in [0.25, 0.3) is 0 Å². The van der Waals surface area contributed by atoms with Gasteiger partial charge in [-0.05, 0) is 12.8 Å². The van der Waals surface area contributed by atoms with Gasteiger partial charge in [0.15, 0.2) is 0 Å². The maximum absolute atomic E-state index is 3.31. The van der Waals surface area contributed by atoms with E-state index in [-0.39, 0.29) is 0 Å². The Bertz CT molecular complexity index is 151. The van der Waals surface area contributed by atoms with E-state index in [1.165, 1.54) is 25.7 Å². The summed E-state index contributed by atoms with van der Waals surface area (Å²) in [6.45, 7) is 4.49. The predicted octanol–water partition coefficient (Wildman–Crippen LogP) is 2.98. The normalized spacial score (nSPS) is 19.0. The molecule has 0 N–H and O–H groups in total. The van der Waals surface area contributed by atoms with Crippen molar-refractivity contribution in [2.75, 3.05) is 0 Å². The van der Waals surface area contributed by atoms with E-state index in [9.17, 15) is 0 Å². The summed E-state index contributed by atoms with van der Waals surface area (Å²) in [5.74, 6) is 6.43. The van der Waals surface area contributed by atoms with Crippen LogP contribution in [-0.2, 0) is 0 Å². The Balaban J connectivity index is 2.39. The lowest BCUT2D eigenvalue weighted by atomic mass is 9.72. The lowest BCUT2D eigenvalue weighted by Gasteiger charge is -2.30. The average molecular weight is 136 g/mol. The molecule has 0 aromatic heterocycles. The number of hydrogen-bond acceptors (Lipinski definition) is 0. The van der Waals surface area contributed by atoms with Crippen LogP contribution in [0, 0.1) is 17.3 Å². The summed E-state index contributed by atoms with van der Waals surface area (Å²) < 4.78 is 0. The van der Waals surface area contributed by atoms with Gasteiger partial charge in [-0.3, -0.25) is 0 Å². The number of hydrogen-bond donors (Lipinski definition) is 0. The predicted molar refractivity (Wildman–Crippen MR) is 44.6 cm³/mol. The topological polar surface area (TPSA) is 0 Å². The van der Waals surface area contributed by atoms with Gasteiger partial charge in [-0.2, -0.15) is 0 Å². The Morgan fingerprint density at radius 2 is 1.70 bits per heavy atom. The van der Waals surface area contributed by atoms with Gasteiger partial charge < -0.3 is 0 Å². The van der Waals surface area contributed by atoms with Gasteiger partial charge in [0, 0.05) is 11.8 Å². The first-order chi connectivity index (χ1) is 4.83. The minimum Gasteiger partial charge on any atom is -0.101 e. The second-order valence-corrected chi connectivity index (χ2v) is 3.26. The van der Waals surface area contributed by atoms with Gasteiger partial charge in [0.1, 0.15) is 0 Å². The maximum Gasteiger partial charge on any atom is 0.0423 e. The van der Waals surface area contributed by atoms with Crippen LogP contribution in [0.5, 0.6) is 0 Å². The first-order valence-electron chi connectivity index (χ1n) is 4.33. The molecule has 0 nitrogen and oxygen atoms in total. The standard InChI is InChI=1S/C10H16/c1-3-6-10(7-4-2)8-5-9-10/h3-4,6-8H2,1-2H3. The van der Waals surface area contributed by atoms with E-state index >= 15 is 0 Å². The van der Waals surface area contributed by atoms with Crippen molar-refractivity contribution in [3.8, 4) is 11.8 Å². The first kappa shape index (κ1) is 7.66. The molecule has 10 heavy (non-hydrogen) atoms. The lowest BCUT2D eigenvalue weighted by Crippen LogP contribution is -2.23. The summed E-state index contributed by atoms with van der Waals surface area (Å²) in [7, 11) is 0. The molecule has 0 aromatic carbocycles. The summed E-state index contributed by atoms with van der Waals surface area (Å²) in [4.78, 5) is 0. The molecule has 0 aromatic rings. The molecule has 1 rings (SSSR count). The Labute approximate surface area is 64.0 Å². The average Bonchev–Trinajstić information content (AvgIpc) is 1.84. The Morgan fingerprint density at radius 3 is 1.90 bits per heavy atom. The van der Waals surface area contributed by atoms with Gasteiger partial charge in [0.05, 0.1) is 0 Å². The van der Waals surface area contributed by atoms with E-state index < -0.39 is 0 Å². The number of rotatable bonds is 4. The molecule has 0 fully saturated rings.